The van der Waals surface area contributed by atoms with Crippen LogP contribution in [0.2, 0.25) is 0 Å². The van der Waals surface area contributed by atoms with Gasteiger partial charge in [-0.25, -0.2) is 4.79 Å². The number of amides is 1. The predicted octanol–water partition coefficient (Wildman–Crippen LogP) is 3.78. The van der Waals surface area contributed by atoms with Crippen molar-refractivity contribution in [2.24, 2.45) is 0 Å². The Morgan fingerprint density at radius 1 is 1.14 bits per heavy atom. The van der Waals surface area contributed by atoms with Gasteiger partial charge in [0.1, 0.15) is 6.07 Å². The number of esters is 1. The number of anilines is 1. The number of rotatable bonds is 4. The van der Waals surface area contributed by atoms with E-state index in [2.05, 4.69) is 10.3 Å². The second-order valence-corrected chi connectivity index (χ2v) is 6.98. The lowest BCUT2D eigenvalue weighted by molar-refractivity contribution is -0.123. The Balaban J connectivity index is 1.58. The van der Waals surface area contributed by atoms with Crippen molar-refractivity contribution in [1.82, 2.24) is 4.98 Å². The fraction of sp³-hybridized carbons (Fsp3) is 0.217. The Morgan fingerprint density at radius 3 is 2.72 bits per heavy atom. The van der Waals surface area contributed by atoms with E-state index in [1.165, 1.54) is 6.92 Å². The molecule has 4 rings (SSSR count). The van der Waals surface area contributed by atoms with Crippen molar-refractivity contribution in [1.29, 1.82) is 5.26 Å². The van der Waals surface area contributed by atoms with Crippen molar-refractivity contribution in [2.75, 3.05) is 5.32 Å². The normalized spacial score (nSPS) is 13.4. The number of benzene rings is 2. The van der Waals surface area contributed by atoms with E-state index in [-0.39, 0.29) is 0 Å². The number of hydrogen-bond donors (Lipinski definition) is 1. The lowest BCUT2D eigenvalue weighted by Crippen LogP contribution is -2.30. The van der Waals surface area contributed by atoms with Crippen LogP contribution in [0.5, 0.6) is 0 Å². The molecule has 0 saturated heterocycles. The number of nitriles is 1. The summed E-state index contributed by atoms with van der Waals surface area (Å²) >= 11 is 0. The average molecular weight is 385 g/mol. The molecule has 1 atom stereocenters. The van der Waals surface area contributed by atoms with E-state index in [0.717, 1.165) is 41.4 Å². The van der Waals surface area contributed by atoms with Crippen molar-refractivity contribution in [3.8, 4) is 6.07 Å². The fourth-order valence-electron chi connectivity index (χ4n) is 3.64. The summed E-state index contributed by atoms with van der Waals surface area (Å²) in [4.78, 5) is 30.2. The molecule has 2 aromatic carbocycles. The maximum atomic E-state index is 13.0. The van der Waals surface area contributed by atoms with Gasteiger partial charge in [-0.15, -0.1) is 0 Å². The molecule has 3 aromatic rings. The highest BCUT2D eigenvalue weighted by Gasteiger charge is 2.27. The first-order valence-electron chi connectivity index (χ1n) is 9.50. The summed E-state index contributed by atoms with van der Waals surface area (Å²) in [5.74, 6) is -1.02. The summed E-state index contributed by atoms with van der Waals surface area (Å²) in [6.07, 6.45) is 1.54. The van der Waals surface area contributed by atoms with Crippen LogP contribution in [-0.4, -0.2) is 23.0 Å². The van der Waals surface area contributed by atoms with E-state index in [1.807, 2.05) is 30.3 Å². The zero-order chi connectivity index (χ0) is 20.4. The second-order valence-electron chi connectivity index (χ2n) is 6.98. The molecule has 0 radical (unpaired) electrons. The van der Waals surface area contributed by atoms with Gasteiger partial charge in [0.2, 0.25) is 0 Å². The molecule has 6 heteroatoms. The number of fused-ring (bicyclic) bond motifs is 2. The standard InChI is InChI=1S/C23H19N3O3/c1-14(22(27)26-18-10-4-2-7-15(18)13-24)29-23(28)21-16-8-3-5-11-19(16)25-20-12-6-9-17(20)21/h2-5,7-8,10-11,14H,6,9,12H2,1H3,(H,26,27)/t14-/m1/s1. The summed E-state index contributed by atoms with van der Waals surface area (Å²) in [6, 6.07) is 16.2. The van der Waals surface area contributed by atoms with Gasteiger partial charge >= 0.3 is 5.97 Å². The minimum atomic E-state index is -1.02. The van der Waals surface area contributed by atoms with Crippen LogP contribution in [0.1, 0.15) is 40.5 Å². The number of para-hydroxylation sites is 2. The molecule has 0 bridgehead atoms. The zero-order valence-corrected chi connectivity index (χ0v) is 15.9. The summed E-state index contributed by atoms with van der Waals surface area (Å²) in [6.45, 7) is 1.52. The minimum Gasteiger partial charge on any atom is -0.449 e. The van der Waals surface area contributed by atoms with Gasteiger partial charge in [-0.05, 0) is 49.9 Å². The van der Waals surface area contributed by atoms with Crippen LogP contribution in [0.4, 0.5) is 5.69 Å². The van der Waals surface area contributed by atoms with Crippen LogP contribution in [-0.2, 0) is 22.4 Å². The van der Waals surface area contributed by atoms with Gasteiger partial charge < -0.3 is 10.1 Å². The first-order chi connectivity index (χ1) is 14.1. The van der Waals surface area contributed by atoms with Crippen LogP contribution in [0.15, 0.2) is 48.5 Å². The Kier molecular flexibility index (Phi) is 4.96. The minimum absolute atomic E-state index is 0.345. The lowest BCUT2D eigenvalue weighted by atomic mass is 10.0. The Hall–Kier alpha value is -3.72. The first-order valence-corrected chi connectivity index (χ1v) is 9.50. The van der Waals surface area contributed by atoms with Gasteiger partial charge in [0, 0.05) is 11.1 Å². The molecule has 0 saturated carbocycles. The fourth-order valence-corrected chi connectivity index (χ4v) is 3.64. The molecule has 1 aromatic heterocycles. The molecule has 1 amide bonds. The molecule has 1 N–H and O–H groups in total. The first kappa shape index (κ1) is 18.6. The largest absolute Gasteiger partial charge is 0.449 e. The number of aryl methyl sites for hydroxylation is 1. The van der Waals surface area contributed by atoms with E-state index in [0.29, 0.717) is 16.8 Å². The molecule has 29 heavy (non-hydrogen) atoms. The van der Waals surface area contributed by atoms with E-state index >= 15 is 0 Å². The van der Waals surface area contributed by atoms with Gasteiger partial charge in [-0.3, -0.25) is 9.78 Å². The van der Waals surface area contributed by atoms with Crippen molar-refractivity contribution in [3.05, 3.63) is 70.9 Å². The molecule has 0 unspecified atom stereocenters. The number of carbonyl (C=O) groups is 2. The van der Waals surface area contributed by atoms with Crippen LogP contribution in [0.25, 0.3) is 10.9 Å². The monoisotopic (exact) mass is 385 g/mol. The quantitative estimate of drug-likeness (QED) is 0.690. The maximum absolute atomic E-state index is 13.0. The Bertz CT molecular complexity index is 1160. The molecule has 0 fully saturated rings. The van der Waals surface area contributed by atoms with E-state index in [4.69, 9.17) is 10.00 Å². The topological polar surface area (TPSA) is 92.1 Å². The van der Waals surface area contributed by atoms with Crippen molar-refractivity contribution in [2.45, 2.75) is 32.3 Å². The van der Waals surface area contributed by atoms with Crippen molar-refractivity contribution in [3.63, 3.8) is 0 Å². The van der Waals surface area contributed by atoms with Crippen LogP contribution in [0.3, 0.4) is 0 Å². The molecular formula is C23H19N3O3. The van der Waals surface area contributed by atoms with Crippen LogP contribution >= 0.6 is 0 Å². The number of nitrogens with zero attached hydrogens (tertiary/aromatic N) is 2. The number of pyridine rings is 1. The summed E-state index contributed by atoms with van der Waals surface area (Å²) in [7, 11) is 0. The zero-order valence-electron chi connectivity index (χ0n) is 15.9. The van der Waals surface area contributed by atoms with Crippen molar-refractivity contribution < 1.29 is 14.3 Å². The number of aromatic nitrogens is 1. The van der Waals surface area contributed by atoms with Gasteiger partial charge in [-0.1, -0.05) is 30.3 Å². The van der Waals surface area contributed by atoms with Gasteiger partial charge in [-0.2, -0.15) is 5.26 Å². The highest BCUT2D eigenvalue weighted by atomic mass is 16.5. The number of hydrogen-bond acceptors (Lipinski definition) is 5. The number of nitrogens with one attached hydrogen (secondary N) is 1. The maximum Gasteiger partial charge on any atom is 0.339 e. The third kappa shape index (κ3) is 3.55. The molecule has 6 nitrogen and oxygen atoms in total. The molecule has 144 valence electrons. The van der Waals surface area contributed by atoms with Gasteiger partial charge in [0.05, 0.1) is 22.3 Å². The van der Waals surface area contributed by atoms with E-state index < -0.39 is 18.0 Å². The lowest BCUT2D eigenvalue weighted by Gasteiger charge is -2.16. The van der Waals surface area contributed by atoms with E-state index in [1.54, 1.807) is 24.3 Å². The van der Waals surface area contributed by atoms with Gasteiger partial charge in [0.25, 0.3) is 5.91 Å². The highest BCUT2D eigenvalue weighted by Crippen LogP contribution is 2.30. The summed E-state index contributed by atoms with van der Waals surface area (Å²) in [5.41, 5.74) is 3.82. The summed E-state index contributed by atoms with van der Waals surface area (Å²) < 4.78 is 5.52. The molecule has 0 aliphatic heterocycles. The third-order valence-corrected chi connectivity index (χ3v) is 5.08. The number of carbonyl (C=O) groups excluding carboxylic acids is 2. The predicted molar refractivity (Wildman–Crippen MR) is 108 cm³/mol. The molecule has 0 spiro atoms. The van der Waals surface area contributed by atoms with Crippen LogP contribution in [0, 0.1) is 11.3 Å². The average Bonchev–Trinajstić information content (AvgIpc) is 3.20. The van der Waals surface area contributed by atoms with Crippen LogP contribution < -0.4 is 5.32 Å². The highest BCUT2D eigenvalue weighted by molar-refractivity contribution is 6.06. The third-order valence-electron chi connectivity index (χ3n) is 5.08. The van der Waals surface area contributed by atoms with Gasteiger partial charge in [0.15, 0.2) is 6.10 Å². The Morgan fingerprint density at radius 2 is 1.90 bits per heavy atom. The smallest absolute Gasteiger partial charge is 0.339 e. The molecule has 1 heterocycles. The Labute approximate surface area is 168 Å². The van der Waals surface area contributed by atoms with E-state index in [9.17, 15) is 9.59 Å². The molecule has 1 aliphatic rings. The number of ether oxygens (including phenoxy) is 1. The molecular weight excluding hydrogens is 366 g/mol. The summed E-state index contributed by atoms with van der Waals surface area (Å²) in [5, 5.41) is 12.6. The van der Waals surface area contributed by atoms with Crippen molar-refractivity contribution >= 4 is 28.5 Å². The SMILES string of the molecule is C[C@@H](OC(=O)c1c2c(nc3ccccc13)CCC2)C(=O)Nc1ccccc1C#N. The second kappa shape index (κ2) is 7.72. The molecule has 1 aliphatic carbocycles.